The quantitative estimate of drug-likeness (QED) is 0.894. The van der Waals surface area contributed by atoms with Gasteiger partial charge in [-0.05, 0) is 12.8 Å². The number of halogens is 2. The molecule has 1 aliphatic carbocycles. The van der Waals surface area contributed by atoms with Gasteiger partial charge in [0.15, 0.2) is 5.82 Å². The number of aromatic nitrogens is 2. The Labute approximate surface area is 143 Å². The van der Waals surface area contributed by atoms with E-state index < -0.39 is 23.1 Å². The van der Waals surface area contributed by atoms with Gasteiger partial charge in [-0.3, -0.25) is 4.79 Å². The molecule has 1 aromatic heterocycles. The van der Waals surface area contributed by atoms with Crippen molar-refractivity contribution in [2.24, 2.45) is 0 Å². The molecule has 1 N–H and O–H groups in total. The molecule has 0 radical (unpaired) electrons. The first-order chi connectivity index (χ1) is 12.1. The summed E-state index contributed by atoms with van der Waals surface area (Å²) in [7, 11) is 1.29. The Morgan fingerprint density at radius 3 is 2.60 bits per heavy atom. The van der Waals surface area contributed by atoms with E-state index in [1.165, 1.54) is 13.5 Å². The van der Waals surface area contributed by atoms with E-state index in [1.807, 2.05) is 0 Å². The van der Waals surface area contributed by atoms with Gasteiger partial charge in [0.2, 0.25) is 5.89 Å². The standard InChI is InChI=1S/C17H19F2N3O3/c1-24-11-7-12(18)15(13(19)8-11)17(23)20-9-14-21-16(22-25-14)10-5-3-2-4-6-10/h7-8,10H,2-6,9H2,1H3,(H,20,23). The van der Waals surface area contributed by atoms with Crippen LogP contribution in [0.2, 0.25) is 0 Å². The summed E-state index contributed by atoms with van der Waals surface area (Å²) in [6.07, 6.45) is 5.54. The number of methoxy groups -OCH3 is 1. The summed E-state index contributed by atoms with van der Waals surface area (Å²) in [5, 5.41) is 6.34. The minimum Gasteiger partial charge on any atom is -0.497 e. The van der Waals surface area contributed by atoms with Gasteiger partial charge in [0.05, 0.1) is 13.7 Å². The van der Waals surface area contributed by atoms with Crippen LogP contribution < -0.4 is 10.1 Å². The number of hydrogen-bond donors (Lipinski definition) is 1. The van der Waals surface area contributed by atoms with Crippen molar-refractivity contribution in [2.45, 2.75) is 44.6 Å². The third kappa shape index (κ3) is 3.94. The van der Waals surface area contributed by atoms with Crippen LogP contribution in [0.5, 0.6) is 5.75 Å². The van der Waals surface area contributed by atoms with Crippen molar-refractivity contribution < 1.29 is 22.8 Å². The normalized spacial score (nSPS) is 15.2. The second-order valence-electron chi connectivity index (χ2n) is 6.03. The molecule has 0 saturated heterocycles. The van der Waals surface area contributed by atoms with E-state index in [4.69, 9.17) is 9.26 Å². The summed E-state index contributed by atoms with van der Waals surface area (Å²) < 4.78 is 37.7. The smallest absolute Gasteiger partial charge is 0.257 e. The number of carbonyl (C=O) groups is 1. The Bertz CT molecular complexity index is 734. The Kier molecular flexibility index (Phi) is 5.25. The van der Waals surface area contributed by atoms with Crippen LogP contribution in [0.4, 0.5) is 8.78 Å². The van der Waals surface area contributed by atoms with Gasteiger partial charge in [-0.2, -0.15) is 4.98 Å². The van der Waals surface area contributed by atoms with Gasteiger partial charge in [0, 0.05) is 18.1 Å². The average molecular weight is 351 g/mol. The number of nitrogens with one attached hydrogen (secondary N) is 1. The molecule has 1 heterocycles. The molecule has 0 unspecified atom stereocenters. The highest BCUT2D eigenvalue weighted by Gasteiger charge is 2.22. The van der Waals surface area contributed by atoms with Crippen LogP contribution in [0, 0.1) is 11.6 Å². The zero-order chi connectivity index (χ0) is 17.8. The van der Waals surface area contributed by atoms with Gasteiger partial charge in [0.25, 0.3) is 5.91 Å². The van der Waals surface area contributed by atoms with E-state index in [-0.39, 0.29) is 24.1 Å². The highest BCUT2D eigenvalue weighted by molar-refractivity contribution is 5.94. The van der Waals surface area contributed by atoms with Crippen molar-refractivity contribution in [1.29, 1.82) is 0 Å². The van der Waals surface area contributed by atoms with Crippen LogP contribution in [0.25, 0.3) is 0 Å². The molecular formula is C17H19F2N3O3. The Balaban J connectivity index is 1.64. The third-order valence-electron chi connectivity index (χ3n) is 4.33. The second kappa shape index (κ2) is 7.58. The molecule has 1 aromatic carbocycles. The molecule has 3 rings (SSSR count). The number of benzene rings is 1. The maximum Gasteiger partial charge on any atom is 0.257 e. The zero-order valence-electron chi connectivity index (χ0n) is 13.8. The van der Waals surface area contributed by atoms with Crippen LogP contribution in [-0.2, 0) is 6.54 Å². The van der Waals surface area contributed by atoms with Crippen molar-refractivity contribution in [1.82, 2.24) is 15.5 Å². The molecule has 0 aliphatic heterocycles. The number of rotatable bonds is 5. The summed E-state index contributed by atoms with van der Waals surface area (Å²) in [6, 6.07) is 1.90. The molecule has 134 valence electrons. The molecule has 1 saturated carbocycles. The number of carbonyl (C=O) groups excluding carboxylic acids is 1. The molecule has 0 bridgehead atoms. The first kappa shape index (κ1) is 17.3. The van der Waals surface area contributed by atoms with E-state index in [1.54, 1.807) is 0 Å². The van der Waals surface area contributed by atoms with Gasteiger partial charge in [-0.1, -0.05) is 24.4 Å². The number of nitrogens with zero attached hydrogens (tertiary/aromatic N) is 2. The van der Waals surface area contributed by atoms with Gasteiger partial charge in [-0.15, -0.1) is 0 Å². The number of ether oxygens (including phenoxy) is 1. The molecule has 8 heteroatoms. The van der Waals surface area contributed by atoms with Gasteiger partial charge in [0.1, 0.15) is 22.9 Å². The third-order valence-corrected chi connectivity index (χ3v) is 4.33. The monoisotopic (exact) mass is 351 g/mol. The average Bonchev–Trinajstić information content (AvgIpc) is 3.09. The molecule has 6 nitrogen and oxygen atoms in total. The zero-order valence-corrected chi connectivity index (χ0v) is 13.8. The van der Waals surface area contributed by atoms with E-state index in [0.29, 0.717) is 5.82 Å². The second-order valence-corrected chi connectivity index (χ2v) is 6.03. The molecule has 1 aliphatic rings. The van der Waals surface area contributed by atoms with Crippen LogP contribution >= 0.6 is 0 Å². The molecule has 1 amide bonds. The summed E-state index contributed by atoms with van der Waals surface area (Å²) in [4.78, 5) is 16.3. The SMILES string of the molecule is COc1cc(F)c(C(=O)NCc2nc(C3CCCCC3)no2)c(F)c1. The molecule has 0 spiro atoms. The Hall–Kier alpha value is -2.51. The van der Waals surface area contributed by atoms with Gasteiger partial charge < -0.3 is 14.6 Å². The van der Waals surface area contributed by atoms with Gasteiger partial charge in [-0.25, -0.2) is 8.78 Å². The van der Waals surface area contributed by atoms with Crippen molar-refractivity contribution in [3.8, 4) is 5.75 Å². The lowest BCUT2D eigenvalue weighted by Crippen LogP contribution is -2.25. The van der Waals surface area contributed by atoms with Crippen LogP contribution in [0.3, 0.4) is 0 Å². The minimum absolute atomic E-state index is 0.000532. The fourth-order valence-electron chi connectivity index (χ4n) is 3.00. The van der Waals surface area contributed by atoms with Crippen LogP contribution in [0.15, 0.2) is 16.7 Å². The fraction of sp³-hybridized carbons (Fsp3) is 0.471. The van der Waals surface area contributed by atoms with E-state index >= 15 is 0 Å². The van der Waals surface area contributed by atoms with Crippen molar-refractivity contribution >= 4 is 5.91 Å². The van der Waals surface area contributed by atoms with Gasteiger partial charge >= 0.3 is 0 Å². The first-order valence-corrected chi connectivity index (χ1v) is 8.22. The molecule has 0 atom stereocenters. The maximum atomic E-state index is 13.9. The molecule has 25 heavy (non-hydrogen) atoms. The van der Waals surface area contributed by atoms with E-state index in [9.17, 15) is 13.6 Å². The van der Waals surface area contributed by atoms with E-state index in [2.05, 4.69) is 15.5 Å². The highest BCUT2D eigenvalue weighted by Crippen LogP contribution is 2.30. The summed E-state index contributed by atoms with van der Waals surface area (Å²) in [5.41, 5.74) is -0.673. The Morgan fingerprint density at radius 1 is 1.28 bits per heavy atom. The molecular weight excluding hydrogens is 332 g/mol. The van der Waals surface area contributed by atoms with Crippen molar-refractivity contribution in [2.75, 3.05) is 7.11 Å². The number of amides is 1. The largest absolute Gasteiger partial charge is 0.497 e. The predicted octanol–water partition coefficient (Wildman–Crippen LogP) is 3.33. The van der Waals surface area contributed by atoms with E-state index in [0.717, 1.165) is 37.8 Å². The fourth-order valence-corrected chi connectivity index (χ4v) is 3.00. The predicted molar refractivity (Wildman–Crippen MR) is 84.2 cm³/mol. The molecule has 2 aromatic rings. The first-order valence-electron chi connectivity index (χ1n) is 8.22. The van der Waals surface area contributed by atoms with Crippen molar-refractivity contribution in [3.63, 3.8) is 0 Å². The van der Waals surface area contributed by atoms with Crippen LogP contribution in [-0.4, -0.2) is 23.2 Å². The summed E-state index contributed by atoms with van der Waals surface area (Å²) in [5.74, 6) is -1.77. The maximum absolute atomic E-state index is 13.9. The lowest BCUT2D eigenvalue weighted by molar-refractivity contribution is 0.0937. The van der Waals surface area contributed by atoms with Crippen LogP contribution in [0.1, 0.15) is 60.1 Å². The number of hydrogen-bond acceptors (Lipinski definition) is 5. The lowest BCUT2D eigenvalue weighted by Gasteiger charge is -2.17. The highest BCUT2D eigenvalue weighted by atomic mass is 19.1. The Morgan fingerprint density at radius 2 is 1.96 bits per heavy atom. The molecule has 1 fully saturated rings. The summed E-state index contributed by atoms with van der Waals surface area (Å²) in [6.45, 7) is -0.0938. The lowest BCUT2D eigenvalue weighted by atomic mass is 9.89. The minimum atomic E-state index is -0.997. The summed E-state index contributed by atoms with van der Waals surface area (Å²) >= 11 is 0. The topological polar surface area (TPSA) is 77.2 Å². The van der Waals surface area contributed by atoms with Crippen molar-refractivity contribution in [3.05, 3.63) is 41.0 Å².